The monoisotopic (exact) mass is 192 g/mol. The van der Waals surface area contributed by atoms with Crippen LogP contribution in [0.15, 0.2) is 30.3 Å². The highest BCUT2D eigenvalue weighted by atomic mass is 16.2. The largest absolute Gasteiger partial charge is 0.276 e. The molecule has 0 aliphatic rings. The lowest BCUT2D eigenvalue weighted by molar-refractivity contribution is -0.135. The van der Waals surface area contributed by atoms with Gasteiger partial charge in [0.25, 0.3) is 0 Å². The van der Waals surface area contributed by atoms with Crippen molar-refractivity contribution in [1.29, 1.82) is 0 Å². The Kier molecular flexibility index (Phi) is 3.65. The van der Waals surface area contributed by atoms with Gasteiger partial charge in [0.05, 0.1) is 6.54 Å². The third kappa shape index (κ3) is 2.85. The molecule has 0 atom stereocenters. The van der Waals surface area contributed by atoms with E-state index < -0.39 is 0 Å². The van der Waals surface area contributed by atoms with Gasteiger partial charge in [0.15, 0.2) is 0 Å². The molecule has 0 radical (unpaired) electrons. The second-order valence-corrected chi connectivity index (χ2v) is 3.61. The van der Waals surface area contributed by atoms with Gasteiger partial charge in [-0.05, 0) is 5.56 Å². The number of carbonyl (C=O) groups is 1. The molecule has 0 aliphatic heterocycles. The van der Waals surface area contributed by atoms with Gasteiger partial charge in [-0.15, -0.1) is 0 Å². The summed E-state index contributed by atoms with van der Waals surface area (Å²) in [4.78, 5) is 11.4. The van der Waals surface area contributed by atoms with Gasteiger partial charge in [-0.1, -0.05) is 44.2 Å². The van der Waals surface area contributed by atoms with E-state index in [1.807, 2.05) is 44.2 Å². The van der Waals surface area contributed by atoms with Crippen molar-refractivity contribution in [3.05, 3.63) is 35.9 Å². The van der Waals surface area contributed by atoms with Crippen molar-refractivity contribution in [3.8, 4) is 0 Å². The van der Waals surface area contributed by atoms with Crippen LogP contribution in [-0.2, 0) is 11.3 Å². The van der Waals surface area contributed by atoms with E-state index in [4.69, 9.17) is 5.84 Å². The molecule has 0 aromatic heterocycles. The van der Waals surface area contributed by atoms with Crippen molar-refractivity contribution in [2.45, 2.75) is 20.4 Å². The van der Waals surface area contributed by atoms with Gasteiger partial charge in [-0.3, -0.25) is 9.80 Å². The molecule has 0 bridgehead atoms. The third-order valence-electron chi connectivity index (χ3n) is 1.97. The molecule has 1 amide bonds. The number of nitrogens with two attached hydrogens (primary N) is 1. The van der Waals surface area contributed by atoms with E-state index in [-0.39, 0.29) is 11.8 Å². The Hall–Kier alpha value is -1.35. The van der Waals surface area contributed by atoms with Crippen LogP contribution in [-0.4, -0.2) is 10.9 Å². The highest BCUT2D eigenvalue weighted by molar-refractivity contribution is 5.77. The van der Waals surface area contributed by atoms with Crippen molar-refractivity contribution < 1.29 is 4.79 Å². The molecule has 1 aromatic rings. The first-order valence-corrected chi connectivity index (χ1v) is 4.71. The van der Waals surface area contributed by atoms with Crippen LogP contribution in [0.2, 0.25) is 0 Å². The standard InChI is InChI=1S/C11H16N2O/c1-9(2)11(14)13(12)8-10-6-4-3-5-7-10/h3-7,9H,8,12H2,1-2H3. The Bertz CT molecular complexity index is 295. The lowest BCUT2D eigenvalue weighted by Crippen LogP contribution is -2.39. The molecule has 3 heteroatoms. The maximum atomic E-state index is 11.4. The second-order valence-electron chi connectivity index (χ2n) is 3.61. The van der Waals surface area contributed by atoms with Crippen molar-refractivity contribution in [2.75, 3.05) is 0 Å². The summed E-state index contributed by atoms with van der Waals surface area (Å²) in [6.07, 6.45) is 0. The molecular weight excluding hydrogens is 176 g/mol. The first-order valence-electron chi connectivity index (χ1n) is 4.71. The molecule has 0 spiro atoms. The van der Waals surface area contributed by atoms with Crippen LogP contribution in [0.4, 0.5) is 0 Å². The summed E-state index contributed by atoms with van der Waals surface area (Å²) in [7, 11) is 0. The fraction of sp³-hybridized carbons (Fsp3) is 0.364. The predicted octanol–water partition coefficient (Wildman–Crippen LogP) is 1.54. The quantitative estimate of drug-likeness (QED) is 0.448. The summed E-state index contributed by atoms with van der Waals surface area (Å²) in [5, 5.41) is 1.26. The fourth-order valence-corrected chi connectivity index (χ4v) is 1.19. The Morgan fingerprint density at radius 3 is 2.43 bits per heavy atom. The predicted molar refractivity (Wildman–Crippen MR) is 56.0 cm³/mol. The number of nitrogens with zero attached hydrogens (tertiary/aromatic N) is 1. The van der Waals surface area contributed by atoms with Gasteiger partial charge in [0.1, 0.15) is 0 Å². The summed E-state index contributed by atoms with van der Waals surface area (Å²) >= 11 is 0. The maximum absolute atomic E-state index is 11.4. The van der Waals surface area contributed by atoms with E-state index in [0.29, 0.717) is 6.54 Å². The van der Waals surface area contributed by atoms with E-state index in [2.05, 4.69) is 0 Å². The maximum Gasteiger partial charge on any atom is 0.239 e. The summed E-state index contributed by atoms with van der Waals surface area (Å²) in [6.45, 7) is 4.15. The topological polar surface area (TPSA) is 46.3 Å². The van der Waals surface area contributed by atoms with Gasteiger partial charge in [0, 0.05) is 5.92 Å². The number of rotatable bonds is 3. The Morgan fingerprint density at radius 1 is 1.36 bits per heavy atom. The van der Waals surface area contributed by atoms with E-state index in [1.54, 1.807) is 0 Å². The lowest BCUT2D eigenvalue weighted by Gasteiger charge is -2.18. The van der Waals surface area contributed by atoms with E-state index in [0.717, 1.165) is 5.56 Å². The zero-order chi connectivity index (χ0) is 10.6. The average Bonchev–Trinajstić information content (AvgIpc) is 2.18. The Balaban J connectivity index is 2.57. The minimum Gasteiger partial charge on any atom is -0.276 e. The third-order valence-corrected chi connectivity index (χ3v) is 1.97. The molecule has 0 unspecified atom stereocenters. The highest BCUT2D eigenvalue weighted by Gasteiger charge is 2.13. The van der Waals surface area contributed by atoms with E-state index in [1.165, 1.54) is 5.01 Å². The first-order chi connectivity index (χ1) is 6.61. The van der Waals surface area contributed by atoms with Crippen molar-refractivity contribution >= 4 is 5.91 Å². The molecule has 14 heavy (non-hydrogen) atoms. The van der Waals surface area contributed by atoms with Gasteiger partial charge in [-0.25, -0.2) is 5.84 Å². The van der Waals surface area contributed by atoms with Crippen molar-refractivity contribution in [1.82, 2.24) is 5.01 Å². The minimum absolute atomic E-state index is 0.0335. The number of hydrogen-bond donors (Lipinski definition) is 1. The van der Waals surface area contributed by atoms with Gasteiger partial charge in [-0.2, -0.15) is 0 Å². The Morgan fingerprint density at radius 2 is 1.93 bits per heavy atom. The van der Waals surface area contributed by atoms with Crippen molar-refractivity contribution in [3.63, 3.8) is 0 Å². The molecular formula is C11H16N2O. The molecule has 0 saturated heterocycles. The highest BCUT2D eigenvalue weighted by Crippen LogP contribution is 2.04. The van der Waals surface area contributed by atoms with Gasteiger partial charge < -0.3 is 0 Å². The number of hydrogen-bond acceptors (Lipinski definition) is 2. The average molecular weight is 192 g/mol. The van der Waals surface area contributed by atoms with Gasteiger partial charge in [0.2, 0.25) is 5.91 Å². The normalized spacial score (nSPS) is 10.3. The van der Waals surface area contributed by atoms with Crippen LogP contribution in [0.25, 0.3) is 0 Å². The van der Waals surface area contributed by atoms with Crippen LogP contribution >= 0.6 is 0 Å². The van der Waals surface area contributed by atoms with E-state index >= 15 is 0 Å². The molecule has 76 valence electrons. The minimum atomic E-state index is -0.0521. The van der Waals surface area contributed by atoms with Crippen molar-refractivity contribution in [2.24, 2.45) is 11.8 Å². The number of hydrazine groups is 1. The summed E-state index contributed by atoms with van der Waals surface area (Å²) in [6, 6.07) is 9.71. The molecule has 0 saturated carbocycles. The number of benzene rings is 1. The van der Waals surface area contributed by atoms with Crippen LogP contribution in [0.3, 0.4) is 0 Å². The summed E-state index contributed by atoms with van der Waals surface area (Å²) in [5.74, 6) is 5.55. The van der Waals surface area contributed by atoms with Crippen LogP contribution in [0, 0.1) is 5.92 Å². The molecule has 1 rings (SSSR count). The summed E-state index contributed by atoms with van der Waals surface area (Å²) < 4.78 is 0. The van der Waals surface area contributed by atoms with E-state index in [9.17, 15) is 4.79 Å². The molecule has 1 aromatic carbocycles. The molecule has 0 heterocycles. The summed E-state index contributed by atoms with van der Waals surface area (Å²) in [5.41, 5.74) is 1.05. The molecule has 3 nitrogen and oxygen atoms in total. The smallest absolute Gasteiger partial charge is 0.239 e. The Labute approximate surface area is 84.5 Å². The lowest BCUT2D eigenvalue weighted by atomic mass is 10.2. The van der Waals surface area contributed by atoms with Crippen LogP contribution in [0.1, 0.15) is 19.4 Å². The zero-order valence-corrected chi connectivity index (χ0v) is 8.60. The molecule has 0 fully saturated rings. The molecule has 0 aliphatic carbocycles. The second kappa shape index (κ2) is 4.77. The van der Waals surface area contributed by atoms with Crippen LogP contribution in [0.5, 0.6) is 0 Å². The first kappa shape index (κ1) is 10.7. The van der Waals surface area contributed by atoms with Gasteiger partial charge >= 0.3 is 0 Å². The SMILES string of the molecule is CC(C)C(=O)N(N)Cc1ccccc1. The number of amides is 1. The van der Waals surface area contributed by atoms with Crippen LogP contribution < -0.4 is 5.84 Å². The molecule has 2 N–H and O–H groups in total. The number of carbonyl (C=O) groups excluding carboxylic acids is 1. The fourth-order valence-electron chi connectivity index (χ4n) is 1.19. The zero-order valence-electron chi connectivity index (χ0n) is 8.60.